The summed E-state index contributed by atoms with van der Waals surface area (Å²) in [6.07, 6.45) is 1.19. The number of pyridine rings is 1. The van der Waals surface area contributed by atoms with E-state index in [1.54, 1.807) is 23.2 Å². The summed E-state index contributed by atoms with van der Waals surface area (Å²) in [6, 6.07) is 14.8. The van der Waals surface area contributed by atoms with Gasteiger partial charge in [0.15, 0.2) is 17.3 Å². The molecule has 2 N–H and O–H groups in total. The van der Waals surface area contributed by atoms with E-state index in [4.69, 9.17) is 31.5 Å². The van der Waals surface area contributed by atoms with Crippen LogP contribution in [-0.4, -0.2) is 53.9 Å². The number of halogens is 2. The fourth-order valence-corrected chi connectivity index (χ4v) is 6.01. The van der Waals surface area contributed by atoms with Gasteiger partial charge in [-0.3, -0.25) is 0 Å². The maximum absolute atomic E-state index is 16.6. The van der Waals surface area contributed by atoms with E-state index in [9.17, 15) is 4.79 Å². The van der Waals surface area contributed by atoms with Crippen molar-refractivity contribution in [3.05, 3.63) is 76.7 Å². The number of piperazine rings is 1. The minimum absolute atomic E-state index is 0.143. The van der Waals surface area contributed by atoms with Gasteiger partial charge in [-0.15, -0.1) is 0 Å². The minimum atomic E-state index is -0.591. The molecule has 1 amide bonds. The predicted molar refractivity (Wildman–Crippen MR) is 167 cm³/mol. The zero-order valence-corrected chi connectivity index (χ0v) is 25.4. The van der Waals surface area contributed by atoms with Crippen molar-refractivity contribution in [1.29, 1.82) is 0 Å². The highest BCUT2D eigenvalue weighted by Crippen LogP contribution is 2.48. The van der Waals surface area contributed by atoms with E-state index in [0.29, 0.717) is 60.1 Å². The number of hydrogen-bond donors (Lipinski definition) is 1. The number of nitrogens with two attached hydrogens (primary N) is 1. The second-order valence-electron chi connectivity index (χ2n) is 11.9. The first-order valence-corrected chi connectivity index (χ1v) is 14.6. The third-order valence-electron chi connectivity index (χ3n) is 7.72. The van der Waals surface area contributed by atoms with Crippen LogP contribution in [0.25, 0.3) is 22.0 Å². The molecular weight excluding hydrogens is 571 g/mol. The van der Waals surface area contributed by atoms with Gasteiger partial charge in [0.2, 0.25) is 0 Å². The second kappa shape index (κ2) is 11.1. The molecule has 1 atom stereocenters. The summed E-state index contributed by atoms with van der Waals surface area (Å²) in [6.45, 7) is 9.40. The molecule has 6 rings (SSSR count). The van der Waals surface area contributed by atoms with Crippen molar-refractivity contribution >= 4 is 40.0 Å². The number of nitrogens with zero attached hydrogens (tertiary/aromatic N) is 3. The number of anilines is 2. The zero-order valence-electron chi connectivity index (χ0n) is 24.6. The van der Waals surface area contributed by atoms with Gasteiger partial charge < -0.3 is 29.7 Å². The van der Waals surface area contributed by atoms with Crippen LogP contribution >= 0.6 is 11.6 Å². The maximum Gasteiger partial charge on any atom is 0.410 e. The number of hydrogen-bond acceptors (Lipinski definition) is 7. The Kier molecular flexibility index (Phi) is 7.46. The van der Waals surface area contributed by atoms with Crippen LogP contribution in [0.3, 0.4) is 0 Å². The van der Waals surface area contributed by atoms with Gasteiger partial charge in [-0.1, -0.05) is 48.0 Å². The van der Waals surface area contributed by atoms with Crippen molar-refractivity contribution in [2.75, 3.05) is 36.9 Å². The molecular formula is C33H34ClFN4O4. The molecule has 10 heteroatoms. The van der Waals surface area contributed by atoms with E-state index in [-0.39, 0.29) is 34.8 Å². The quantitative estimate of drug-likeness (QED) is 0.251. The monoisotopic (exact) mass is 604 g/mol. The molecule has 0 aliphatic carbocycles. The van der Waals surface area contributed by atoms with Gasteiger partial charge in [0.1, 0.15) is 24.3 Å². The summed E-state index contributed by atoms with van der Waals surface area (Å²) in [7, 11) is 0. The topological polar surface area (TPSA) is 90.2 Å². The van der Waals surface area contributed by atoms with Crippen LogP contribution in [0.15, 0.2) is 54.7 Å². The normalized spacial score (nSPS) is 16.4. The summed E-state index contributed by atoms with van der Waals surface area (Å²) >= 11 is 6.91. The number of fused-ring (bicyclic) bond motifs is 5. The number of rotatable bonds is 4. The van der Waals surface area contributed by atoms with E-state index < -0.39 is 11.4 Å². The largest absolute Gasteiger partial charge is 0.488 e. The smallest absolute Gasteiger partial charge is 0.410 e. The molecule has 0 bridgehead atoms. The Labute approximate surface area is 255 Å². The molecule has 1 aromatic heterocycles. The SMILES string of the molecule is Cc1ccc(N)c(OCc2ccccc2)c1-c1c(Cl)cc2c3c(cnc2c1F)OC[C@H]1CN(C(=O)OC(C)(C)C)CCN31. The van der Waals surface area contributed by atoms with Crippen LogP contribution in [0.2, 0.25) is 5.02 Å². The fourth-order valence-electron chi connectivity index (χ4n) is 5.73. The lowest BCUT2D eigenvalue weighted by Crippen LogP contribution is -2.59. The molecule has 4 aromatic rings. The van der Waals surface area contributed by atoms with E-state index >= 15 is 4.39 Å². The number of nitrogen functional groups attached to an aromatic ring is 1. The number of benzene rings is 3. The summed E-state index contributed by atoms with van der Waals surface area (Å²) in [5, 5.41) is 0.737. The molecule has 0 unspecified atom stereocenters. The predicted octanol–water partition coefficient (Wildman–Crippen LogP) is 6.98. The number of carbonyl (C=O) groups is 1. The Bertz CT molecular complexity index is 1710. The van der Waals surface area contributed by atoms with Crippen LogP contribution in [0.1, 0.15) is 31.9 Å². The lowest BCUT2D eigenvalue weighted by Gasteiger charge is -2.45. The average Bonchev–Trinajstić information content (AvgIpc) is 2.97. The molecule has 1 saturated heterocycles. The molecule has 224 valence electrons. The van der Waals surface area contributed by atoms with Crippen LogP contribution in [0, 0.1) is 12.7 Å². The van der Waals surface area contributed by atoms with Gasteiger partial charge in [0.05, 0.1) is 28.6 Å². The number of ether oxygens (including phenoxy) is 3. The molecule has 2 aliphatic rings. The molecule has 3 heterocycles. The van der Waals surface area contributed by atoms with Crippen LogP contribution < -0.4 is 20.1 Å². The highest BCUT2D eigenvalue weighted by molar-refractivity contribution is 6.34. The molecule has 0 saturated carbocycles. The van der Waals surface area contributed by atoms with Gasteiger partial charge in [-0.2, -0.15) is 0 Å². The lowest BCUT2D eigenvalue weighted by atomic mass is 9.95. The first kappa shape index (κ1) is 28.9. The summed E-state index contributed by atoms with van der Waals surface area (Å²) in [5.41, 5.74) is 9.41. The van der Waals surface area contributed by atoms with Crippen LogP contribution in [0.4, 0.5) is 20.6 Å². The van der Waals surface area contributed by atoms with Crippen LogP contribution in [0.5, 0.6) is 11.5 Å². The molecule has 2 aliphatic heterocycles. The van der Waals surface area contributed by atoms with Gasteiger partial charge in [-0.25, -0.2) is 14.2 Å². The van der Waals surface area contributed by atoms with Crippen molar-refractivity contribution < 1.29 is 23.4 Å². The standard InChI is InChI=1S/C33H34ClFN4O4/c1-19-10-11-24(36)31(42-17-20-8-6-5-7-9-20)26(19)27-23(34)14-22-29(28(27)35)37-15-25-30(22)39-13-12-38(16-21(39)18-41-25)32(40)43-33(2,3)4/h5-11,14-15,21H,12-13,16-18,36H2,1-4H3/t21-/m1/s1. The summed E-state index contributed by atoms with van der Waals surface area (Å²) in [4.78, 5) is 21.1. The minimum Gasteiger partial charge on any atom is -0.488 e. The number of amides is 1. The number of aryl methyl sites for hydroxylation is 1. The Morgan fingerprint density at radius 2 is 1.93 bits per heavy atom. The fraction of sp³-hybridized carbons (Fsp3) is 0.333. The Hall–Kier alpha value is -4.24. The van der Waals surface area contributed by atoms with Crippen LogP contribution in [-0.2, 0) is 11.3 Å². The Balaban J connectivity index is 1.39. The van der Waals surface area contributed by atoms with Crippen molar-refractivity contribution in [3.63, 3.8) is 0 Å². The first-order valence-electron chi connectivity index (χ1n) is 14.3. The van der Waals surface area contributed by atoms with Crippen molar-refractivity contribution in [2.45, 2.75) is 45.9 Å². The molecule has 8 nitrogen and oxygen atoms in total. The van der Waals surface area contributed by atoms with E-state index in [0.717, 1.165) is 11.1 Å². The highest BCUT2D eigenvalue weighted by Gasteiger charge is 2.38. The average molecular weight is 605 g/mol. The van der Waals surface area contributed by atoms with Crippen molar-refractivity contribution in [3.8, 4) is 22.6 Å². The number of carbonyl (C=O) groups excluding carboxylic acids is 1. The summed E-state index contributed by atoms with van der Waals surface area (Å²) in [5.74, 6) is 0.339. The van der Waals surface area contributed by atoms with Gasteiger partial charge >= 0.3 is 6.09 Å². The second-order valence-corrected chi connectivity index (χ2v) is 12.4. The van der Waals surface area contributed by atoms with E-state index in [2.05, 4.69) is 9.88 Å². The third-order valence-corrected chi connectivity index (χ3v) is 8.02. The summed E-state index contributed by atoms with van der Waals surface area (Å²) < 4.78 is 34.5. The molecule has 1 fully saturated rings. The Morgan fingerprint density at radius 3 is 2.67 bits per heavy atom. The van der Waals surface area contributed by atoms with Crippen molar-refractivity contribution in [1.82, 2.24) is 9.88 Å². The molecule has 43 heavy (non-hydrogen) atoms. The van der Waals surface area contributed by atoms with Gasteiger partial charge in [-0.05, 0) is 51.0 Å². The third kappa shape index (κ3) is 5.49. The van der Waals surface area contributed by atoms with E-state index in [1.165, 1.54) is 0 Å². The van der Waals surface area contributed by atoms with Gasteiger partial charge in [0.25, 0.3) is 0 Å². The first-order chi connectivity index (χ1) is 20.5. The lowest BCUT2D eigenvalue weighted by molar-refractivity contribution is 0.0195. The molecule has 0 radical (unpaired) electrons. The maximum atomic E-state index is 16.6. The highest BCUT2D eigenvalue weighted by atomic mass is 35.5. The molecule has 0 spiro atoms. The van der Waals surface area contributed by atoms with Gasteiger partial charge in [0, 0.05) is 36.1 Å². The molecule has 3 aromatic carbocycles. The van der Waals surface area contributed by atoms with E-state index in [1.807, 2.05) is 64.1 Å². The van der Waals surface area contributed by atoms with Crippen molar-refractivity contribution in [2.24, 2.45) is 0 Å². The number of aromatic nitrogens is 1. The Morgan fingerprint density at radius 1 is 1.16 bits per heavy atom. The zero-order chi connectivity index (χ0) is 30.5.